The predicted octanol–water partition coefficient (Wildman–Crippen LogP) is 2.11. The first kappa shape index (κ1) is 11.6. The number of nitrogens with zero attached hydrogens (tertiary/aromatic N) is 3. The molecule has 90 valence electrons. The molecule has 2 aromatic heterocycles. The van der Waals surface area contributed by atoms with Gasteiger partial charge in [-0.05, 0) is 18.4 Å². The Morgan fingerprint density at radius 3 is 2.76 bits per heavy atom. The Hall–Kier alpha value is -1.91. The summed E-state index contributed by atoms with van der Waals surface area (Å²) < 4.78 is 1.54. The smallest absolute Gasteiger partial charge is 0.341 e. The van der Waals surface area contributed by atoms with Crippen molar-refractivity contribution in [3.8, 4) is 0 Å². The van der Waals surface area contributed by atoms with E-state index in [-0.39, 0.29) is 11.5 Å². The van der Waals surface area contributed by atoms with E-state index in [0.717, 1.165) is 5.69 Å². The van der Waals surface area contributed by atoms with Gasteiger partial charge in [0, 0.05) is 11.9 Å². The molecule has 0 radical (unpaired) electrons. The highest BCUT2D eigenvalue weighted by Gasteiger charge is 2.19. The summed E-state index contributed by atoms with van der Waals surface area (Å²) in [4.78, 5) is 15.6. The van der Waals surface area contributed by atoms with Gasteiger partial charge in [0.05, 0.1) is 5.69 Å². The van der Waals surface area contributed by atoms with Crippen molar-refractivity contribution in [2.24, 2.45) is 0 Å². The van der Waals surface area contributed by atoms with E-state index in [4.69, 9.17) is 0 Å². The first-order valence-electron chi connectivity index (χ1n) is 5.66. The van der Waals surface area contributed by atoms with E-state index < -0.39 is 5.97 Å². The SMILES string of the molecule is CCc1nn2ccc(C(C)C)nc2c1C(=O)O. The van der Waals surface area contributed by atoms with Crippen molar-refractivity contribution < 1.29 is 9.90 Å². The van der Waals surface area contributed by atoms with E-state index in [0.29, 0.717) is 17.8 Å². The van der Waals surface area contributed by atoms with Crippen LogP contribution in [0.2, 0.25) is 0 Å². The number of aryl methyl sites for hydroxylation is 1. The van der Waals surface area contributed by atoms with Crippen molar-refractivity contribution in [3.05, 3.63) is 29.2 Å². The highest BCUT2D eigenvalue weighted by atomic mass is 16.4. The van der Waals surface area contributed by atoms with Crippen LogP contribution in [-0.2, 0) is 6.42 Å². The molecule has 0 aliphatic heterocycles. The Morgan fingerprint density at radius 1 is 1.53 bits per heavy atom. The van der Waals surface area contributed by atoms with Crippen LogP contribution >= 0.6 is 0 Å². The van der Waals surface area contributed by atoms with Crippen LogP contribution in [0.1, 0.15) is 48.4 Å². The van der Waals surface area contributed by atoms with Crippen molar-refractivity contribution in [3.63, 3.8) is 0 Å². The van der Waals surface area contributed by atoms with Crippen LogP contribution in [-0.4, -0.2) is 25.7 Å². The van der Waals surface area contributed by atoms with Gasteiger partial charge in [0.15, 0.2) is 5.65 Å². The summed E-state index contributed by atoms with van der Waals surface area (Å²) in [5.41, 5.74) is 2.10. The minimum absolute atomic E-state index is 0.218. The van der Waals surface area contributed by atoms with Gasteiger partial charge in [-0.15, -0.1) is 0 Å². The fourth-order valence-electron chi connectivity index (χ4n) is 1.78. The number of hydrogen-bond acceptors (Lipinski definition) is 3. The highest BCUT2D eigenvalue weighted by molar-refractivity contribution is 5.95. The summed E-state index contributed by atoms with van der Waals surface area (Å²) in [6.07, 6.45) is 2.35. The Balaban J connectivity index is 2.73. The highest BCUT2D eigenvalue weighted by Crippen LogP contribution is 2.18. The van der Waals surface area contributed by atoms with Crippen molar-refractivity contribution >= 4 is 11.6 Å². The Bertz CT molecular complexity index is 572. The van der Waals surface area contributed by atoms with Crippen LogP contribution in [0.25, 0.3) is 5.65 Å². The molecule has 0 unspecified atom stereocenters. The Morgan fingerprint density at radius 2 is 2.24 bits per heavy atom. The van der Waals surface area contributed by atoms with Crippen molar-refractivity contribution in [2.75, 3.05) is 0 Å². The molecule has 0 aliphatic carbocycles. The summed E-state index contributed by atoms with van der Waals surface area (Å²) in [5.74, 6) is -0.702. The first-order valence-corrected chi connectivity index (χ1v) is 5.66. The standard InChI is InChI=1S/C12H15N3O2/c1-4-8-10(12(16)17)11-13-9(7(2)3)5-6-15(11)14-8/h5-7H,4H2,1-3H3,(H,16,17). The second kappa shape index (κ2) is 4.16. The van der Waals surface area contributed by atoms with Crippen LogP contribution in [0.4, 0.5) is 0 Å². The summed E-state index contributed by atoms with van der Waals surface area (Å²) in [5, 5.41) is 13.4. The molecule has 0 amide bonds. The molecule has 0 bridgehead atoms. The molecule has 0 atom stereocenters. The second-order valence-electron chi connectivity index (χ2n) is 4.26. The molecule has 5 heteroatoms. The van der Waals surface area contributed by atoms with Crippen molar-refractivity contribution in [1.29, 1.82) is 0 Å². The molecular weight excluding hydrogens is 218 g/mol. The molecule has 2 rings (SSSR count). The van der Waals surface area contributed by atoms with Crippen molar-refractivity contribution in [1.82, 2.24) is 14.6 Å². The van der Waals surface area contributed by atoms with E-state index in [9.17, 15) is 9.90 Å². The molecule has 2 heterocycles. The minimum atomic E-state index is -0.967. The van der Waals surface area contributed by atoms with Crippen LogP contribution < -0.4 is 0 Å². The molecule has 5 nitrogen and oxygen atoms in total. The quantitative estimate of drug-likeness (QED) is 0.881. The fourth-order valence-corrected chi connectivity index (χ4v) is 1.78. The predicted molar refractivity (Wildman–Crippen MR) is 63.4 cm³/mol. The molecule has 2 aromatic rings. The number of carboxylic acid groups (broad SMARTS) is 1. The first-order chi connectivity index (χ1) is 8.04. The van der Waals surface area contributed by atoms with Gasteiger partial charge in [-0.2, -0.15) is 5.10 Å². The maximum absolute atomic E-state index is 11.2. The topological polar surface area (TPSA) is 67.5 Å². The number of hydrogen-bond donors (Lipinski definition) is 1. The summed E-state index contributed by atoms with van der Waals surface area (Å²) in [7, 11) is 0. The zero-order valence-corrected chi connectivity index (χ0v) is 10.1. The monoisotopic (exact) mass is 233 g/mol. The van der Waals surface area contributed by atoms with E-state index in [2.05, 4.69) is 10.1 Å². The number of rotatable bonds is 3. The molecule has 0 aliphatic rings. The van der Waals surface area contributed by atoms with Crippen LogP contribution in [0, 0.1) is 0 Å². The van der Waals surface area contributed by atoms with Gasteiger partial charge in [0.2, 0.25) is 0 Å². The van der Waals surface area contributed by atoms with Gasteiger partial charge in [0.1, 0.15) is 5.56 Å². The number of carboxylic acids is 1. The molecule has 1 N–H and O–H groups in total. The molecule has 0 saturated heterocycles. The largest absolute Gasteiger partial charge is 0.477 e. The van der Waals surface area contributed by atoms with Gasteiger partial charge < -0.3 is 5.11 Å². The zero-order valence-electron chi connectivity index (χ0n) is 10.1. The molecule has 0 fully saturated rings. The molecule has 0 spiro atoms. The third-order valence-corrected chi connectivity index (χ3v) is 2.72. The molecule has 0 aromatic carbocycles. The van der Waals surface area contributed by atoms with E-state index >= 15 is 0 Å². The summed E-state index contributed by atoms with van der Waals surface area (Å²) in [6, 6.07) is 1.87. The third kappa shape index (κ3) is 1.88. The van der Waals surface area contributed by atoms with Gasteiger partial charge in [-0.1, -0.05) is 20.8 Å². The van der Waals surface area contributed by atoms with Crippen LogP contribution in [0.5, 0.6) is 0 Å². The maximum atomic E-state index is 11.2. The van der Waals surface area contributed by atoms with Gasteiger partial charge in [-0.3, -0.25) is 0 Å². The molecule has 0 saturated carbocycles. The number of fused-ring (bicyclic) bond motifs is 1. The minimum Gasteiger partial charge on any atom is -0.477 e. The van der Waals surface area contributed by atoms with Crippen LogP contribution in [0.15, 0.2) is 12.3 Å². The number of aromatic carboxylic acids is 1. The average Bonchev–Trinajstić information content (AvgIpc) is 2.65. The fraction of sp³-hybridized carbons (Fsp3) is 0.417. The van der Waals surface area contributed by atoms with Gasteiger partial charge in [-0.25, -0.2) is 14.3 Å². The Labute approximate surface area is 99.1 Å². The second-order valence-corrected chi connectivity index (χ2v) is 4.26. The van der Waals surface area contributed by atoms with Crippen molar-refractivity contribution in [2.45, 2.75) is 33.1 Å². The lowest BCUT2D eigenvalue weighted by Crippen LogP contribution is -2.02. The summed E-state index contributed by atoms with van der Waals surface area (Å²) in [6.45, 7) is 5.93. The van der Waals surface area contributed by atoms with Gasteiger partial charge in [0.25, 0.3) is 0 Å². The lowest BCUT2D eigenvalue weighted by Gasteiger charge is -2.04. The molecule has 17 heavy (non-hydrogen) atoms. The molecular formula is C12H15N3O2. The summed E-state index contributed by atoms with van der Waals surface area (Å²) >= 11 is 0. The zero-order chi connectivity index (χ0) is 12.6. The van der Waals surface area contributed by atoms with E-state index in [1.807, 2.05) is 26.8 Å². The lowest BCUT2D eigenvalue weighted by molar-refractivity contribution is 0.0697. The van der Waals surface area contributed by atoms with E-state index in [1.54, 1.807) is 6.20 Å². The van der Waals surface area contributed by atoms with Gasteiger partial charge >= 0.3 is 5.97 Å². The maximum Gasteiger partial charge on any atom is 0.341 e. The number of carbonyl (C=O) groups is 1. The number of aromatic nitrogens is 3. The lowest BCUT2D eigenvalue weighted by atomic mass is 10.1. The normalized spacial score (nSPS) is 11.3. The van der Waals surface area contributed by atoms with E-state index in [1.165, 1.54) is 4.52 Å². The average molecular weight is 233 g/mol. The third-order valence-electron chi connectivity index (χ3n) is 2.72. The van der Waals surface area contributed by atoms with Crippen LogP contribution in [0.3, 0.4) is 0 Å². The Kier molecular flexibility index (Phi) is 2.83.